The minimum absolute atomic E-state index is 0.620. The van der Waals surface area contributed by atoms with E-state index in [-0.39, 0.29) is 0 Å². The van der Waals surface area contributed by atoms with E-state index in [1.54, 1.807) is 0 Å². The van der Waals surface area contributed by atoms with Crippen molar-refractivity contribution in [3.8, 4) is 0 Å². The van der Waals surface area contributed by atoms with Gasteiger partial charge in [-0.15, -0.1) is 0 Å². The van der Waals surface area contributed by atoms with E-state index in [1.807, 2.05) is 7.05 Å². The van der Waals surface area contributed by atoms with Crippen molar-refractivity contribution < 1.29 is 4.74 Å². The molecule has 5 nitrogen and oxygen atoms in total. The van der Waals surface area contributed by atoms with E-state index in [0.29, 0.717) is 5.92 Å². The van der Waals surface area contributed by atoms with Gasteiger partial charge in [-0.1, -0.05) is 18.2 Å². The van der Waals surface area contributed by atoms with Crippen LogP contribution in [0.5, 0.6) is 0 Å². The molecule has 1 unspecified atom stereocenters. The Morgan fingerprint density at radius 2 is 2.32 bits per heavy atom. The highest BCUT2D eigenvalue weighted by atomic mass is 16.5. The molecule has 2 N–H and O–H groups in total. The van der Waals surface area contributed by atoms with Crippen molar-refractivity contribution in [2.75, 3.05) is 39.9 Å². The molecule has 2 heterocycles. The van der Waals surface area contributed by atoms with Crippen LogP contribution >= 0.6 is 0 Å². The van der Waals surface area contributed by atoms with Crippen LogP contribution in [0.4, 0.5) is 0 Å². The summed E-state index contributed by atoms with van der Waals surface area (Å²) in [7, 11) is 1.87. The number of ether oxygens (including phenoxy) is 1. The number of likely N-dealkylation sites (tertiary alicyclic amines) is 1. The predicted molar refractivity (Wildman–Crippen MR) is 104 cm³/mol. The molecule has 1 saturated heterocycles. The highest BCUT2D eigenvalue weighted by Gasteiger charge is 2.24. The predicted octanol–water partition coefficient (Wildman–Crippen LogP) is 2.95. The topological polar surface area (TPSA) is 52.6 Å². The number of H-pyrrole nitrogens is 1. The third-order valence-corrected chi connectivity index (χ3v) is 5.04. The fraction of sp³-hybridized carbons (Fsp3) is 0.550. The number of guanidine groups is 1. The second kappa shape index (κ2) is 8.39. The monoisotopic (exact) mass is 342 g/mol. The Bertz CT molecular complexity index is 722. The van der Waals surface area contributed by atoms with Gasteiger partial charge in [0.2, 0.25) is 0 Å². The van der Waals surface area contributed by atoms with Gasteiger partial charge < -0.3 is 19.9 Å². The van der Waals surface area contributed by atoms with E-state index in [1.165, 1.54) is 28.5 Å². The molecule has 5 heteroatoms. The number of hydrogen-bond acceptors (Lipinski definition) is 2. The van der Waals surface area contributed by atoms with E-state index in [2.05, 4.69) is 58.4 Å². The van der Waals surface area contributed by atoms with Gasteiger partial charge in [-0.25, -0.2) is 0 Å². The fourth-order valence-corrected chi connectivity index (χ4v) is 3.66. The minimum Gasteiger partial charge on any atom is -0.381 e. The maximum Gasteiger partial charge on any atom is 0.193 e. The van der Waals surface area contributed by atoms with E-state index >= 15 is 0 Å². The van der Waals surface area contributed by atoms with Gasteiger partial charge in [0.25, 0.3) is 0 Å². The largest absolute Gasteiger partial charge is 0.381 e. The highest BCUT2D eigenvalue weighted by Crippen LogP contribution is 2.21. The van der Waals surface area contributed by atoms with E-state index in [9.17, 15) is 0 Å². The molecule has 25 heavy (non-hydrogen) atoms. The number of nitrogens with zero attached hydrogens (tertiary/aromatic N) is 2. The molecule has 0 radical (unpaired) electrons. The van der Waals surface area contributed by atoms with Crippen LogP contribution in [0.2, 0.25) is 0 Å². The van der Waals surface area contributed by atoms with Gasteiger partial charge in [0.15, 0.2) is 5.96 Å². The number of aromatic amines is 1. The van der Waals surface area contributed by atoms with Crippen molar-refractivity contribution in [3.05, 3.63) is 35.5 Å². The van der Waals surface area contributed by atoms with Gasteiger partial charge in [0.1, 0.15) is 0 Å². The Balaban J connectivity index is 1.53. The van der Waals surface area contributed by atoms with Crippen molar-refractivity contribution >= 4 is 16.9 Å². The number of aryl methyl sites for hydroxylation is 1. The molecule has 1 aromatic carbocycles. The molecule has 1 atom stereocenters. The number of aliphatic imine (C=N–C) groups is 1. The zero-order chi connectivity index (χ0) is 17.6. The molecule has 0 saturated carbocycles. The van der Waals surface area contributed by atoms with Crippen molar-refractivity contribution in [1.82, 2.24) is 15.2 Å². The molecule has 1 aromatic heterocycles. The lowest BCUT2D eigenvalue weighted by molar-refractivity contribution is 0.114. The first kappa shape index (κ1) is 17.8. The maximum absolute atomic E-state index is 5.57. The summed E-state index contributed by atoms with van der Waals surface area (Å²) in [5.41, 5.74) is 3.91. The Morgan fingerprint density at radius 3 is 3.12 bits per heavy atom. The molecular weight excluding hydrogens is 312 g/mol. The van der Waals surface area contributed by atoms with Gasteiger partial charge in [-0.2, -0.15) is 0 Å². The molecule has 1 aliphatic rings. The second-order valence-electron chi connectivity index (χ2n) is 6.80. The average Bonchev–Trinajstić information content (AvgIpc) is 3.25. The van der Waals surface area contributed by atoms with Crippen molar-refractivity contribution in [3.63, 3.8) is 0 Å². The number of nitrogens with one attached hydrogen (secondary N) is 2. The lowest BCUT2D eigenvalue weighted by Crippen LogP contribution is -2.41. The molecule has 1 aliphatic heterocycles. The third kappa shape index (κ3) is 4.15. The van der Waals surface area contributed by atoms with Crippen LogP contribution in [0.3, 0.4) is 0 Å². The first-order valence-electron chi connectivity index (χ1n) is 9.31. The summed E-state index contributed by atoms with van der Waals surface area (Å²) in [5, 5.41) is 4.86. The summed E-state index contributed by atoms with van der Waals surface area (Å²) in [6, 6.07) is 6.47. The summed E-state index contributed by atoms with van der Waals surface area (Å²) < 4.78 is 5.57. The molecular formula is C20H30N4O. The molecule has 0 aliphatic carbocycles. The number of benzene rings is 1. The summed E-state index contributed by atoms with van der Waals surface area (Å²) in [4.78, 5) is 10.2. The maximum atomic E-state index is 5.57. The van der Waals surface area contributed by atoms with Crippen molar-refractivity contribution in [2.24, 2.45) is 10.9 Å². The van der Waals surface area contributed by atoms with Gasteiger partial charge in [-0.3, -0.25) is 4.99 Å². The zero-order valence-electron chi connectivity index (χ0n) is 15.6. The molecule has 0 spiro atoms. The minimum atomic E-state index is 0.620. The van der Waals surface area contributed by atoms with E-state index < -0.39 is 0 Å². The summed E-state index contributed by atoms with van der Waals surface area (Å²) in [5.74, 6) is 1.63. The Labute approximate surface area is 150 Å². The van der Waals surface area contributed by atoms with E-state index in [0.717, 1.165) is 45.2 Å². The molecule has 136 valence electrons. The summed E-state index contributed by atoms with van der Waals surface area (Å²) in [6.07, 6.45) is 4.30. The van der Waals surface area contributed by atoms with Crippen LogP contribution in [0.25, 0.3) is 10.9 Å². The third-order valence-electron chi connectivity index (χ3n) is 5.04. The van der Waals surface area contributed by atoms with Crippen LogP contribution in [-0.2, 0) is 11.2 Å². The summed E-state index contributed by atoms with van der Waals surface area (Å²) >= 11 is 0. The highest BCUT2D eigenvalue weighted by molar-refractivity contribution is 5.86. The quantitative estimate of drug-likeness (QED) is 0.627. The second-order valence-corrected chi connectivity index (χ2v) is 6.80. The van der Waals surface area contributed by atoms with Crippen molar-refractivity contribution in [2.45, 2.75) is 26.7 Å². The fourth-order valence-electron chi connectivity index (χ4n) is 3.66. The van der Waals surface area contributed by atoms with Crippen LogP contribution in [0.15, 0.2) is 29.4 Å². The Hall–Kier alpha value is -2.01. The Kier molecular flexibility index (Phi) is 5.97. The molecule has 1 fully saturated rings. The first-order valence-corrected chi connectivity index (χ1v) is 9.31. The molecule has 2 aromatic rings. The smallest absolute Gasteiger partial charge is 0.193 e. The summed E-state index contributed by atoms with van der Waals surface area (Å²) in [6.45, 7) is 8.84. The standard InChI is InChI=1S/C20H30N4O/c1-4-25-14-16-9-11-24(13-16)20(21-3)22-10-8-17-12-23-19-15(2)6-5-7-18(17)19/h5-7,12,16,23H,4,8-11,13-14H2,1-3H3,(H,21,22). The van der Waals surface area contributed by atoms with Gasteiger partial charge >= 0.3 is 0 Å². The number of rotatable bonds is 6. The van der Waals surface area contributed by atoms with Crippen LogP contribution in [0, 0.1) is 12.8 Å². The van der Waals surface area contributed by atoms with Gasteiger partial charge in [-0.05, 0) is 37.8 Å². The lowest BCUT2D eigenvalue weighted by Gasteiger charge is -2.21. The molecule has 0 bridgehead atoms. The molecule has 3 rings (SSSR count). The first-order chi connectivity index (χ1) is 12.2. The van der Waals surface area contributed by atoms with Crippen LogP contribution in [0.1, 0.15) is 24.5 Å². The van der Waals surface area contributed by atoms with Crippen LogP contribution < -0.4 is 5.32 Å². The van der Waals surface area contributed by atoms with E-state index in [4.69, 9.17) is 4.74 Å². The number of para-hydroxylation sites is 1. The van der Waals surface area contributed by atoms with Gasteiger partial charge in [0, 0.05) is 56.3 Å². The lowest BCUT2D eigenvalue weighted by atomic mass is 10.1. The normalized spacial score (nSPS) is 18.3. The zero-order valence-corrected chi connectivity index (χ0v) is 15.6. The van der Waals surface area contributed by atoms with Crippen molar-refractivity contribution in [1.29, 1.82) is 0 Å². The number of aromatic nitrogens is 1. The Morgan fingerprint density at radius 1 is 1.44 bits per heavy atom. The number of hydrogen-bond donors (Lipinski definition) is 2. The van der Waals surface area contributed by atoms with Crippen LogP contribution in [-0.4, -0.2) is 55.7 Å². The molecule has 0 amide bonds. The number of fused-ring (bicyclic) bond motifs is 1. The van der Waals surface area contributed by atoms with Gasteiger partial charge in [0.05, 0.1) is 6.61 Å². The average molecular weight is 342 g/mol. The SMILES string of the molecule is CCOCC1CCN(C(=NC)NCCc2c[nH]c3c(C)cccc23)C1.